The van der Waals surface area contributed by atoms with Crippen LogP contribution in [-0.2, 0) is 18.4 Å². The molecule has 0 aliphatic heterocycles. The highest BCUT2D eigenvalue weighted by molar-refractivity contribution is 8.00. The van der Waals surface area contributed by atoms with Gasteiger partial charge in [-0.05, 0) is 31.5 Å². The van der Waals surface area contributed by atoms with Gasteiger partial charge in [-0.1, -0.05) is 17.8 Å². The van der Waals surface area contributed by atoms with Crippen molar-refractivity contribution in [3.05, 3.63) is 41.5 Å². The molecule has 118 valence electrons. The molecule has 0 saturated heterocycles. The van der Waals surface area contributed by atoms with Crippen molar-refractivity contribution in [1.82, 2.24) is 9.55 Å². The number of aliphatic hydroxyl groups is 1. The Balaban J connectivity index is 2.02. The monoisotopic (exact) mass is 323 g/mol. The summed E-state index contributed by atoms with van der Waals surface area (Å²) < 4.78 is 15.2. The van der Waals surface area contributed by atoms with Gasteiger partial charge >= 0.3 is 0 Å². The molecule has 2 aromatic rings. The molecule has 1 unspecified atom stereocenters. The number of amides is 1. The van der Waals surface area contributed by atoms with Gasteiger partial charge in [0.25, 0.3) is 0 Å². The number of aliphatic hydroxyl groups excluding tert-OH is 1. The summed E-state index contributed by atoms with van der Waals surface area (Å²) in [6, 6.07) is 4.59. The van der Waals surface area contributed by atoms with Crippen LogP contribution in [-0.4, -0.2) is 25.8 Å². The molecule has 7 heteroatoms. The third-order valence-corrected chi connectivity index (χ3v) is 4.45. The second-order valence-electron chi connectivity index (χ2n) is 4.96. The number of rotatable bonds is 5. The van der Waals surface area contributed by atoms with Crippen LogP contribution in [0.1, 0.15) is 18.2 Å². The number of aryl methyl sites for hydroxylation is 1. The predicted molar refractivity (Wildman–Crippen MR) is 84.2 cm³/mol. The number of carbonyl (C=O) groups is 1. The average molecular weight is 323 g/mol. The Morgan fingerprint density at radius 2 is 2.27 bits per heavy atom. The third kappa shape index (κ3) is 3.66. The molecular formula is C15H18FN3O2S. The fraction of sp³-hybridized carbons (Fsp3) is 0.333. The molecule has 0 radical (unpaired) electrons. The van der Waals surface area contributed by atoms with Gasteiger partial charge in [-0.3, -0.25) is 4.79 Å². The highest BCUT2D eigenvalue weighted by Gasteiger charge is 2.18. The summed E-state index contributed by atoms with van der Waals surface area (Å²) in [5.74, 6) is -0.586. The Hall–Kier alpha value is -1.86. The molecule has 1 aromatic carbocycles. The smallest absolute Gasteiger partial charge is 0.237 e. The first-order chi connectivity index (χ1) is 10.4. The molecule has 2 N–H and O–H groups in total. The molecule has 1 amide bonds. The van der Waals surface area contributed by atoms with Crippen LogP contribution in [0.3, 0.4) is 0 Å². The number of hydrogen-bond donors (Lipinski definition) is 2. The van der Waals surface area contributed by atoms with Gasteiger partial charge in [-0.25, -0.2) is 9.37 Å². The first-order valence-corrected chi connectivity index (χ1v) is 7.65. The lowest BCUT2D eigenvalue weighted by Gasteiger charge is -2.12. The minimum atomic E-state index is -0.406. The molecule has 22 heavy (non-hydrogen) atoms. The van der Waals surface area contributed by atoms with E-state index >= 15 is 0 Å². The molecule has 0 aliphatic rings. The largest absolute Gasteiger partial charge is 0.390 e. The van der Waals surface area contributed by atoms with Gasteiger partial charge in [-0.2, -0.15) is 0 Å². The molecule has 2 rings (SSSR count). The first kappa shape index (κ1) is 16.5. The third-order valence-electron chi connectivity index (χ3n) is 3.29. The number of anilines is 1. The van der Waals surface area contributed by atoms with Crippen LogP contribution >= 0.6 is 11.8 Å². The molecule has 5 nitrogen and oxygen atoms in total. The second-order valence-corrected chi connectivity index (χ2v) is 6.27. The van der Waals surface area contributed by atoms with Crippen LogP contribution in [0.15, 0.2) is 29.6 Å². The molecule has 1 heterocycles. The van der Waals surface area contributed by atoms with E-state index in [1.54, 1.807) is 43.8 Å². The van der Waals surface area contributed by atoms with Gasteiger partial charge in [0, 0.05) is 12.7 Å². The summed E-state index contributed by atoms with van der Waals surface area (Å²) in [7, 11) is 1.78. The second kappa shape index (κ2) is 6.93. The maximum atomic E-state index is 13.5. The number of halogens is 1. The Kier molecular flexibility index (Phi) is 5.20. The lowest BCUT2D eigenvalue weighted by atomic mass is 10.2. The topological polar surface area (TPSA) is 67.2 Å². The molecule has 0 saturated carbocycles. The Labute approximate surface area is 132 Å². The van der Waals surface area contributed by atoms with Crippen molar-refractivity contribution < 1.29 is 14.3 Å². The number of thioether (sulfide) groups is 1. The van der Waals surface area contributed by atoms with Crippen LogP contribution in [0.4, 0.5) is 10.1 Å². The lowest BCUT2D eigenvalue weighted by molar-refractivity contribution is -0.115. The molecule has 0 aliphatic carbocycles. The highest BCUT2D eigenvalue weighted by atomic mass is 32.2. The van der Waals surface area contributed by atoms with E-state index in [0.717, 1.165) is 0 Å². The van der Waals surface area contributed by atoms with Gasteiger partial charge in [0.1, 0.15) is 5.82 Å². The van der Waals surface area contributed by atoms with Crippen LogP contribution in [0.25, 0.3) is 0 Å². The van der Waals surface area contributed by atoms with Crippen LogP contribution < -0.4 is 5.32 Å². The minimum absolute atomic E-state index is 0.104. The van der Waals surface area contributed by atoms with E-state index in [-0.39, 0.29) is 18.3 Å². The maximum Gasteiger partial charge on any atom is 0.237 e. The van der Waals surface area contributed by atoms with Crippen molar-refractivity contribution >= 4 is 23.4 Å². The summed E-state index contributed by atoms with van der Waals surface area (Å²) in [5.41, 5.74) is 1.64. The quantitative estimate of drug-likeness (QED) is 0.830. The van der Waals surface area contributed by atoms with E-state index in [4.69, 9.17) is 5.11 Å². The van der Waals surface area contributed by atoms with E-state index in [9.17, 15) is 9.18 Å². The summed E-state index contributed by atoms with van der Waals surface area (Å²) in [6.45, 7) is 3.31. The molecule has 0 bridgehead atoms. The number of nitrogens with zero attached hydrogens (tertiary/aromatic N) is 2. The van der Waals surface area contributed by atoms with Crippen molar-refractivity contribution in [3.8, 4) is 0 Å². The Morgan fingerprint density at radius 1 is 1.55 bits per heavy atom. The molecular weight excluding hydrogens is 305 g/mol. The number of carbonyl (C=O) groups excluding carboxylic acids is 1. The van der Waals surface area contributed by atoms with Crippen molar-refractivity contribution in [2.45, 2.75) is 30.9 Å². The van der Waals surface area contributed by atoms with Crippen molar-refractivity contribution in [3.63, 3.8) is 0 Å². The number of imidazole rings is 1. The van der Waals surface area contributed by atoms with E-state index in [2.05, 4.69) is 10.3 Å². The zero-order valence-electron chi connectivity index (χ0n) is 12.6. The van der Waals surface area contributed by atoms with E-state index < -0.39 is 5.25 Å². The Bertz CT molecular complexity index is 687. The molecule has 0 spiro atoms. The van der Waals surface area contributed by atoms with Gasteiger partial charge in [-0.15, -0.1) is 0 Å². The SMILES string of the molecule is Cc1ccc(NC(=O)C(C)Sc2ncc(CO)n2C)cc1F. The number of hydrogen-bond acceptors (Lipinski definition) is 4. The van der Waals surface area contributed by atoms with Gasteiger partial charge in [0.15, 0.2) is 5.16 Å². The van der Waals surface area contributed by atoms with E-state index in [1.165, 1.54) is 17.8 Å². The fourth-order valence-electron chi connectivity index (χ4n) is 1.81. The highest BCUT2D eigenvalue weighted by Crippen LogP contribution is 2.24. The van der Waals surface area contributed by atoms with Crippen molar-refractivity contribution in [2.75, 3.05) is 5.32 Å². The molecule has 1 atom stereocenters. The Morgan fingerprint density at radius 3 is 2.86 bits per heavy atom. The summed E-state index contributed by atoms with van der Waals surface area (Å²) in [4.78, 5) is 16.3. The van der Waals surface area contributed by atoms with Gasteiger partial charge < -0.3 is 15.0 Å². The summed E-state index contributed by atoms with van der Waals surface area (Å²) in [6.07, 6.45) is 1.57. The molecule has 1 aromatic heterocycles. The maximum absolute atomic E-state index is 13.5. The van der Waals surface area contributed by atoms with Crippen LogP contribution in [0, 0.1) is 12.7 Å². The van der Waals surface area contributed by atoms with E-state index in [0.29, 0.717) is 22.1 Å². The van der Waals surface area contributed by atoms with Gasteiger partial charge in [0.2, 0.25) is 5.91 Å². The van der Waals surface area contributed by atoms with Crippen molar-refractivity contribution in [1.29, 1.82) is 0 Å². The predicted octanol–water partition coefficient (Wildman–Crippen LogP) is 2.48. The first-order valence-electron chi connectivity index (χ1n) is 6.77. The number of aromatic nitrogens is 2. The van der Waals surface area contributed by atoms with Crippen LogP contribution in [0.5, 0.6) is 0 Å². The summed E-state index contributed by atoms with van der Waals surface area (Å²) >= 11 is 1.28. The van der Waals surface area contributed by atoms with E-state index in [1.807, 2.05) is 0 Å². The summed E-state index contributed by atoms with van der Waals surface area (Å²) in [5, 5.41) is 12.1. The van der Waals surface area contributed by atoms with Gasteiger partial charge in [0.05, 0.1) is 23.7 Å². The standard InChI is InChI=1S/C15H18FN3O2S/c1-9-4-5-11(6-13(9)16)18-14(21)10(2)22-15-17-7-12(8-20)19(15)3/h4-7,10,20H,8H2,1-3H3,(H,18,21). The number of benzene rings is 1. The zero-order valence-corrected chi connectivity index (χ0v) is 13.4. The average Bonchev–Trinajstić information content (AvgIpc) is 2.83. The number of nitrogens with one attached hydrogen (secondary N) is 1. The van der Waals surface area contributed by atoms with Crippen molar-refractivity contribution in [2.24, 2.45) is 7.05 Å². The molecule has 0 fully saturated rings. The fourth-order valence-corrected chi connectivity index (χ4v) is 2.68. The zero-order chi connectivity index (χ0) is 16.3. The normalized spacial score (nSPS) is 12.2. The minimum Gasteiger partial charge on any atom is -0.390 e. The van der Waals surface area contributed by atoms with Crippen LogP contribution in [0.2, 0.25) is 0 Å². The lowest BCUT2D eigenvalue weighted by Crippen LogP contribution is -2.23.